The maximum atomic E-state index is 14.3. The van der Waals surface area contributed by atoms with Gasteiger partial charge in [-0.15, -0.1) is 0 Å². The van der Waals surface area contributed by atoms with Crippen molar-refractivity contribution in [2.45, 2.75) is 145 Å². The van der Waals surface area contributed by atoms with Crippen LogP contribution in [0.1, 0.15) is 132 Å². The molecule has 1 heterocycles. The minimum atomic E-state index is -1.17. The third-order valence-electron chi connectivity index (χ3n) is 16.8. The number of esters is 1. The van der Waals surface area contributed by atoms with Crippen LogP contribution in [-0.2, 0) is 25.7 Å². The van der Waals surface area contributed by atoms with Gasteiger partial charge in [0.15, 0.2) is 5.78 Å². The van der Waals surface area contributed by atoms with Crippen molar-refractivity contribution in [2.75, 3.05) is 33.7 Å². The third kappa shape index (κ3) is 6.96. The van der Waals surface area contributed by atoms with Crippen molar-refractivity contribution in [3.05, 3.63) is 29.1 Å². The number of Topliss-reactive ketones (excluding diaryl/α,β-unsaturated/α-hetero) is 1. The molecule has 0 bridgehead atoms. The number of hydrogen-bond acceptors (Lipinski definition) is 8. The molecule has 10 heteroatoms. The number of aromatic amines is 1. The largest absolute Gasteiger partial charge is 0.481 e. The number of carbonyl (C=O) groups is 3. The highest BCUT2D eigenvalue weighted by Gasteiger charge is 2.71. The average molecular weight is 765 g/mol. The summed E-state index contributed by atoms with van der Waals surface area (Å²) in [7, 11) is 4.16. The summed E-state index contributed by atoms with van der Waals surface area (Å²) in [5.74, 6) is 0.0299. The highest BCUT2D eigenvalue weighted by molar-refractivity contribution is 6.00. The Hall–Kier alpha value is -2.56. The fourth-order valence-corrected chi connectivity index (χ4v) is 13.5. The molecule has 1 aromatic rings. The number of likely N-dealkylation sites (N-methyl/N-ethyl adjacent to an activating group) is 1. The van der Waals surface area contributed by atoms with Crippen LogP contribution in [0.15, 0.2) is 23.5 Å². The Balaban J connectivity index is 1.28. The predicted molar refractivity (Wildman–Crippen MR) is 214 cm³/mol. The van der Waals surface area contributed by atoms with Crippen LogP contribution < -0.4 is 0 Å². The van der Waals surface area contributed by atoms with Gasteiger partial charge in [0.25, 0.3) is 0 Å². The van der Waals surface area contributed by atoms with Gasteiger partial charge in [-0.3, -0.25) is 24.4 Å². The van der Waals surface area contributed by atoms with Crippen molar-refractivity contribution in [2.24, 2.45) is 56.2 Å². The number of aliphatic carboxylic acids is 1. The van der Waals surface area contributed by atoms with E-state index < -0.39 is 28.9 Å². The molecule has 0 spiro atoms. The van der Waals surface area contributed by atoms with E-state index in [0.717, 1.165) is 75.6 Å². The molecule has 0 aromatic carbocycles. The Kier molecular flexibility index (Phi) is 11.2. The lowest BCUT2D eigenvalue weighted by molar-refractivity contribution is -0.235. The van der Waals surface area contributed by atoms with E-state index in [2.05, 4.69) is 82.6 Å². The third-order valence-corrected chi connectivity index (χ3v) is 16.8. The molecule has 5 aliphatic carbocycles. The van der Waals surface area contributed by atoms with Crippen LogP contribution >= 0.6 is 0 Å². The van der Waals surface area contributed by atoms with E-state index in [0.29, 0.717) is 31.3 Å². The standard InChI is InChI=1S/C45H72N4O6/c1-28(2)37-31(50)22-45(34(51)27-49(21-20-48(10)11)26-29-24-46-47-25-29)19-18-43(8)30(38(37)45)12-13-33-42(7)16-15-35(55-36(52)23-40(3,4)39(53)54)41(5,6)32(42)14-17-44(33,43)9/h24-25,28,30,32-35,51H,12-23,26-27H2,1-11H3,(H,46,47)(H,53,54). The highest BCUT2D eigenvalue weighted by Crippen LogP contribution is 2.77. The van der Waals surface area contributed by atoms with Gasteiger partial charge in [0.2, 0.25) is 0 Å². The number of aliphatic hydroxyl groups excluding tert-OH is 1. The second-order valence-corrected chi connectivity index (χ2v) is 21.2. The smallest absolute Gasteiger partial charge is 0.309 e. The van der Waals surface area contributed by atoms with Crippen LogP contribution in [0, 0.1) is 56.2 Å². The molecule has 6 rings (SSSR count). The van der Waals surface area contributed by atoms with Crippen LogP contribution in [0.25, 0.3) is 0 Å². The zero-order chi connectivity index (χ0) is 40.5. The zero-order valence-electron chi connectivity index (χ0n) is 35.9. The molecule has 5 aliphatic rings. The number of rotatable bonds is 13. The highest BCUT2D eigenvalue weighted by atomic mass is 16.5. The molecule has 4 saturated carbocycles. The van der Waals surface area contributed by atoms with E-state index in [9.17, 15) is 24.6 Å². The van der Waals surface area contributed by atoms with E-state index in [1.807, 2.05) is 12.4 Å². The summed E-state index contributed by atoms with van der Waals surface area (Å²) in [6.07, 6.45) is 11.0. The van der Waals surface area contributed by atoms with Crippen molar-refractivity contribution in [1.29, 1.82) is 0 Å². The number of H-pyrrole nitrogens is 1. The van der Waals surface area contributed by atoms with Crippen LogP contribution in [0.3, 0.4) is 0 Å². The zero-order valence-corrected chi connectivity index (χ0v) is 35.9. The number of nitrogens with one attached hydrogen (secondary N) is 1. The Morgan fingerprint density at radius 2 is 1.69 bits per heavy atom. The summed E-state index contributed by atoms with van der Waals surface area (Å²) in [6.45, 7) is 22.6. The van der Waals surface area contributed by atoms with E-state index >= 15 is 0 Å². The molecule has 9 atom stereocenters. The Morgan fingerprint density at radius 3 is 2.31 bits per heavy atom. The van der Waals surface area contributed by atoms with Gasteiger partial charge in [0, 0.05) is 55.2 Å². The predicted octanol–water partition coefficient (Wildman–Crippen LogP) is 7.53. The number of aromatic nitrogens is 2. The molecule has 3 N–H and O–H groups in total. The second kappa shape index (κ2) is 14.7. The second-order valence-electron chi connectivity index (χ2n) is 21.2. The molecule has 1 aromatic heterocycles. The van der Waals surface area contributed by atoms with Gasteiger partial charge >= 0.3 is 11.9 Å². The number of allylic oxidation sites excluding steroid dienone is 1. The number of carbonyl (C=O) groups excluding carboxylic acids is 2. The van der Waals surface area contributed by atoms with E-state index in [4.69, 9.17) is 4.74 Å². The number of nitrogens with zero attached hydrogens (tertiary/aromatic N) is 3. The van der Waals surface area contributed by atoms with Gasteiger partial charge in [-0.05, 0) is 125 Å². The Morgan fingerprint density at radius 1 is 0.982 bits per heavy atom. The van der Waals surface area contributed by atoms with Gasteiger partial charge in [0.1, 0.15) is 6.10 Å². The normalized spacial score (nSPS) is 36.4. The topological polar surface area (TPSA) is 136 Å². The summed E-state index contributed by atoms with van der Waals surface area (Å²) in [5.41, 5.74) is 1.51. The Bertz CT molecular complexity index is 1650. The van der Waals surface area contributed by atoms with Crippen molar-refractivity contribution in [1.82, 2.24) is 20.0 Å². The lowest BCUT2D eigenvalue weighted by atomic mass is 9.33. The van der Waals surface area contributed by atoms with E-state index in [1.165, 1.54) is 5.57 Å². The molecule has 9 unspecified atom stereocenters. The fourth-order valence-electron chi connectivity index (χ4n) is 13.5. The quantitative estimate of drug-likeness (QED) is 0.174. The minimum Gasteiger partial charge on any atom is -0.481 e. The Labute approximate surface area is 330 Å². The monoisotopic (exact) mass is 765 g/mol. The number of carboxylic acids is 1. The number of hydrogen-bond donors (Lipinski definition) is 3. The first-order valence-electron chi connectivity index (χ1n) is 21.3. The number of aliphatic hydroxyl groups is 1. The number of fused-ring (bicyclic) bond motifs is 7. The maximum Gasteiger partial charge on any atom is 0.309 e. The van der Waals surface area contributed by atoms with Crippen molar-refractivity contribution in [3.63, 3.8) is 0 Å². The SMILES string of the molecule is CC(C)C1=C2C3CCC4C5(C)CCC(OC(=O)CC(C)(C)C(=O)O)C(C)(C)C5CCC4(C)C3(C)CCC2(C(O)CN(CCN(C)C)Cc2cn[nH]c2)CC1=O. The molecule has 0 aliphatic heterocycles. The van der Waals surface area contributed by atoms with E-state index in [1.54, 1.807) is 13.8 Å². The fraction of sp³-hybridized carbons (Fsp3) is 0.822. The number of carboxylic acid groups (broad SMARTS) is 1. The molecule has 10 nitrogen and oxygen atoms in total. The van der Waals surface area contributed by atoms with E-state index in [-0.39, 0.29) is 51.8 Å². The first-order chi connectivity index (χ1) is 25.5. The average Bonchev–Trinajstić information content (AvgIpc) is 3.70. The van der Waals surface area contributed by atoms with Crippen molar-refractivity contribution >= 4 is 17.7 Å². The summed E-state index contributed by atoms with van der Waals surface area (Å²) in [6, 6.07) is 0. The van der Waals surface area contributed by atoms with Gasteiger partial charge in [-0.1, -0.05) is 54.0 Å². The van der Waals surface area contributed by atoms with Gasteiger partial charge in [-0.25, -0.2) is 0 Å². The molecule has 0 amide bonds. The van der Waals surface area contributed by atoms with Gasteiger partial charge < -0.3 is 19.8 Å². The summed E-state index contributed by atoms with van der Waals surface area (Å²) in [5, 5.41) is 29.3. The molecule has 0 radical (unpaired) electrons. The summed E-state index contributed by atoms with van der Waals surface area (Å²) < 4.78 is 6.19. The molecule has 4 fully saturated rings. The first-order valence-corrected chi connectivity index (χ1v) is 21.3. The number of ether oxygens (including phenoxy) is 1. The van der Waals surface area contributed by atoms with Gasteiger partial charge in [-0.2, -0.15) is 5.10 Å². The van der Waals surface area contributed by atoms with Crippen LogP contribution in [0.4, 0.5) is 0 Å². The lowest BCUT2D eigenvalue weighted by Gasteiger charge is -2.72. The first kappa shape index (κ1) is 42.1. The molecule has 0 saturated heterocycles. The van der Waals surface area contributed by atoms with Crippen molar-refractivity contribution < 1.29 is 29.3 Å². The summed E-state index contributed by atoms with van der Waals surface area (Å²) >= 11 is 0. The molecule has 308 valence electrons. The van der Waals surface area contributed by atoms with Crippen molar-refractivity contribution in [3.8, 4) is 0 Å². The lowest BCUT2D eigenvalue weighted by Crippen LogP contribution is -2.66. The minimum absolute atomic E-state index is 0.0233. The molecule has 55 heavy (non-hydrogen) atoms. The number of ketones is 1. The van der Waals surface area contributed by atoms with Crippen LogP contribution in [0.2, 0.25) is 0 Å². The van der Waals surface area contributed by atoms with Gasteiger partial charge in [0.05, 0.1) is 24.1 Å². The molecular weight excluding hydrogens is 693 g/mol. The van der Waals surface area contributed by atoms with Crippen LogP contribution in [-0.4, -0.2) is 93.9 Å². The van der Waals surface area contributed by atoms with Crippen LogP contribution in [0.5, 0.6) is 0 Å². The maximum absolute atomic E-state index is 14.3. The summed E-state index contributed by atoms with van der Waals surface area (Å²) in [4.78, 5) is 43.7. The molecular formula is C45H72N4O6.